The summed E-state index contributed by atoms with van der Waals surface area (Å²) in [5.41, 5.74) is -3.10. The lowest BCUT2D eigenvalue weighted by molar-refractivity contribution is -0.189. The van der Waals surface area contributed by atoms with E-state index in [2.05, 4.69) is 17.9 Å². The molecule has 216 valence electrons. The molecule has 10 heteroatoms. The van der Waals surface area contributed by atoms with Crippen LogP contribution in [0.25, 0.3) is 5.57 Å². The van der Waals surface area contributed by atoms with Crippen LogP contribution in [0.4, 0.5) is 35.1 Å². The third-order valence-corrected chi connectivity index (χ3v) is 6.48. The van der Waals surface area contributed by atoms with E-state index < -0.39 is 64.5 Å². The number of rotatable bonds is 11. The van der Waals surface area contributed by atoms with Gasteiger partial charge in [-0.3, -0.25) is 0 Å². The number of alkyl halides is 4. The maximum atomic E-state index is 15.3. The van der Waals surface area contributed by atoms with Gasteiger partial charge in [-0.15, -0.1) is 6.58 Å². The molecule has 0 aromatic heterocycles. The first kappa shape index (κ1) is 31.0. The number of unbranched alkanes of at least 4 members (excludes halogenated alkanes) is 1. The largest absolute Gasteiger partial charge is 0.491 e. The van der Waals surface area contributed by atoms with E-state index in [-0.39, 0.29) is 35.5 Å². The van der Waals surface area contributed by atoms with Crippen LogP contribution in [0.2, 0.25) is 0 Å². The molecule has 0 spiro atoms. The van der Waals surface area contributed by atoms with Gasteiger partial charge in [0.2, 0.25) is 0 Å². The molecule has 2 nitrogen and oxygen atoms in total. The highest BCUT2D eigenvalue weighted by molar-refractivity contribution is 5.74. The van der Waals surface area contributed by atoms with Crippen LogP contribution in [-0.4, -0.2) is 12.8 Å². The minimum atomic E-state index is -4.58. The molecule has 0 N–H and O–H groups in total. The summed E-state index contributed by atoms with van der Waals surface area (Å²) in [6, 6.07) is 3.24. The van der Waals surface area contributed by atoms with Gasteiger partial charge in [0.25, 0.3) is 0 Å². The second-order valence-corrected chi connectivity index (χ2v) is 9.04. The highest BCUT2D eigenvalue weighted by Gasteiger charge is 2.44. The first-order valence-electron chi connectivity index (χ1n) is 12.5. The van der Waals surface area contributed by atoms with Gasteiger partial charge in [-0.2, -0.15) is 8.78 Å². The summed E-state index contributed by atoms with van der Waals surface area (Å²) >= 11 is 0. The Bertz CT molecular complexity index is 1330. The Hall–Kier alpha value is -3.56. The van der Waals surface area contributed by atoms with E-state index in [1.165, 1.54) is 13.0 Å². The van der Waals surface area contributed by atoms with Crippen LogP contribution in [0, 0.1) is 23.4 Å². The Labute approximate surface area is 227 Å². The van der Waals surface area contributed by atoms with Crippen LogP contribution in [0.15, 0.2) is 67.2 Å². The van der Waals surface area contributed by atoms with Crippen LogP contribution in [0.3, 0.4) is 0 Å². The summed E-state index contributed by atoms with van der Waals surface area (Å²) in [6.07, 6.45) is -5.25. The molecule has 0 heterocycles. The predicted molar refractivity (Wildman–Crippen MR) is 136 cm³/mol. The molecule has 0 saturated carbocycles. The Morgan fingerprint density at radius 3 is 2.38 bits per heavy atom. The SMILES string of the molecule is C=CCCCc1ccc(C(F)(F)Oc2ccc3c(c2F)C(F)C(F)C(/C=C(F)/C(=C\C)OCC)C3=C)c(F)c1F. The minimum absolute atomic E-state index is 0.0643. The number of ether oxygens (including phenoxy) is 2. The third-order valence-electron chi connectivity index (χ3n) is 6.48. The second-order valence-electron chi connectivity index (χ2n) is 9.04. The van der Waals surface area contributed by atoms with Crippen molar-refractivity contribution in [2.75, 3.05) is 6.61 Å². The van der Waals surface area contributed by atoms with Gasteiger partial charge in [-0.1, -0.05) is 24.8 Å². The van der Waals surface area contributed by atoms with E-state index >= 15 is 13.2 Å². The van der Waals surface area contributed by atoms with E-state index in [1.54, 1.807) is 13.0 Å². The highest BCUT2D eigenvalue weighted by Crippen LogP contribution is 2.48. The average Bonchev–Trinajstić information content (AvgIpc) is 2.91. The van der Waals surface area contributed by atoms with Crippen molar-refractivity contribution in [3.05, 3.63) is 107 Å². The monoisotopic (exact) mass is 572 g/mol. The van der Waals surface area contributed by atoms with Crippen LogP contribution in [0.1, 0.15) is 55.1 Å². The predicted octanol–water partition coefficient (Wildman–Crippen LogP) is 9.53. The summed E-state index contributed by atoms with van der Waals surface area (Å²) in [4.78, 5) is 0. The highest BCUT2D eigenvalue weighted by atomic mass is 19.3. The van der Waals surface area contributed by atoms with E-state index in [1.807, 2.05) is 0 Å². The summed E-state index contributed by atoms with van der Waals surface area (Å²) in [5, 5.41) is 0. The van der Waals surface area contributed by atoms with Crippen molar-refractivity contribution in [1.82, 2.24) is 0 Å². The molecular formula is C30H28F8O2. The molecule has 1 aliphatic rings. The molecule has 3 atom stereocenters. The lowest BCUT2D eigenvalue weighted by atomic mass is 9.77. The maximum Gasteiger partial charge on any atom is 0.429 e. The normalized spacial score (nSPS) is 19.9. The van der Waals surface area contributed by atoms with Gasteiger partial charge in [-0.25, -0.2) is 26.3 Å². The van der Waals surface area contributed by atoms with Gasteiger partial charge >= 0.3 is 6.11 Å². The number of fused-ring (bicyclic) bond motifs is 1. The molecule has 0 bridgehead atoms. The average molecular weight is 573 g/mol. The van der Waals surface area contributed by atoms with Crippen molar-refractivity contribution in [2.24, 2.45) is 5.92 Å². The lowest BCUT2D eigenvalue weighted by Crippen LogP contribution is -2.29. The third kappa shape index (κ3) is 6.10. The Kier molecular flexibility index (Phi) is 9.87. The molecule has 0 saturated heterocycles. The summed E-state index contributed by atoms with van der Waals surface area (Å²) in [5.74, 6) is -9.07. The van der Waals surface area contributed by atoms with Gasteiger partial charge in [0.15, 0.2) is 35.2 Å². The molecule has 0 fully saturated rings. The first-order valence-corrected chi connectivity index (χ1v) is 12.5. The molecule has 0 amide bonds. The zero-order valence-corrected chi connectivity index (χ0v) is 21.9. The van der Waals surface area contributed by atoms with Gasteiger partial charge in [0.05, 0.1) is 6.61 Å². The molecular weight excluding hydrogens is 544 g/mol. The van der Waals surface area contributed by atoms with Crippen molar-refractivity contribution in [1.29, 1.82) is 0 Å². The van der Waals surface area contributed by atoms with Crippen LogP contribution < -0.4 is 4.74 Å². The first-order chi connectivity index (χ1) is 18.9. The fourth-order valence-electron chi connectivity index (χ4n) is 4.43. The van der Waals surface area contributed by atoms with Crippen LogP contribution in [0.5, 0.6) is 5.75 Å². The number of hydrogen-bond donors (Lipinski definition) is 0. The fourth-order valence-corrected chi connectivity index (χ4v) is 4.43. The van der Waals surface area contributed by atoms with Gasteiger partial charge < -0.3 is 9.47 Å². The van der Waals surface area contributed by atoms with Gasteiger partial charge in [-0.05, 0) is 74.1 Å². The quantitative estimate of drug-likeness (QED) is 0.0878. The summed E-state index contributed by atoms with van der Waals surface area (Å²) in [6.45, 7) is 10.3. The van der Waals surface area contributed by atoms with E-state index in [9.17, 15) is 22.0 Å². The summed E-state index contributed by atoms with van der Waals surface area (Å²) in [7, 11) is 0. The molecule has 1 aliphatic carbocycles. The number of benzene rings is 2. The zero-order chi connectivity index (χ0) is 29.8. The molecule has 0 radical (unpaired) electrons. The topological polar surface area (TPSA) is 18.5 Å². The standard InChI is InChI=1S/C30H28F8O2/c1-5-8-9-10-17-11-13-20(27(34)25(17)32)30(37,38)40-23-14-12-18-16(4)19(15-21(31)22(6-2)39-7-3)26(33)29(36)24(18)28(23)35/h5-6,11-15,19,26,29H,1,4,7-10H2,2-3H3/b21-15-,22-6+. The molecule has 2 aromatic carbocycles. The van der Waals surface area contributed by atoms with Crippen molar-refractivity contribution in [2.45, 2.75) is 51.6 Å². The van der Waals surface area contributed by atoms with Crippen molar-refractivity contribution < 1.29 is 44.6 Å². The van der Waals surface area contributed by atoms with Gasteiger partial charge in [0.1, 0.15) is 17.5 Å². The fraction of sp³-hybridized carbons (Fsp3) is 0.333. The van der Waals surface area contributed by atoms with Crippen molar-refractivity contribution in [3.63, 3.8) is 0 Å². The maximum absolute atomic E-state index is 15.3. The van der Waals surface area contributed by atoms with E-state index in [0.29, 0.717) is 25.0 Å². The smallest absolute Gasteiger partial charge is 0.429 e. The molecule has 0 aliphatic heterocycles. The number of allylic oxidation sites excluding steroid dienone is 5. The minimum Gasteiger partial charge on any atom is -0.491 e. The number of halogens is 8. The van der Waals surface area contributed by atoms with Crippen molar-refractivity contribution >= 4 is 5.57 Å². The molecule has 2 aromatic rings. The zero-order valence-electron chi connectivity index (χ0n) is 21.9. The lowest BCUT2D eigenvalue weighted by Gasteiger charge is -2.32. The van der Waals surface area contributed by atoms with E-state index in [0.717, 1.165) is 18.2 Å². The molecule has 3 unspecified atom stereocenters. The number of aryl methyl sites for hydroxylation is 1. The Balaban J connectivity index is 1.94. The molecule has 40 heavy (non-hydrogen) atoms. The molecule has 3 rings (SSSR count). The Morgan fingerprint density at radius 1 is 1.05 bits per heavy atom. The second kappa shape index (κ2) is 12.7. The number of hydrogen-bond acceptors (Lipinski definition) is 2. The Morgan fingerprint density at radius 2 is 1.75 bits per heavy atom. The van der Waals surface area contributed by atoms with Gasteiger partial charge in [0, 0.05) is 11.5 Å². The van der Waals surface area contributed by atoms with Crippen LogP contribution >= 0.6 is 0 Å². The van der Waals surface area contributed by atoms with Crippen LogP contribution in [-0.2, 0) is 17.3 Å². The summed E-state index contributed by atoms with van der Waals surface area (Å²) < 4.78 is 128. The van der Waals surface area contributed by atoms with E-state index in [4.69, 9.17) is 4.74 Å². The van der Waals surface area contributed by atoms with Crippen molar-refractivity contribution in [3.8, 4) is 5.75 Å².